The average Bonchev–Trinajstić information content (AvgIpc) is 2.55. The van der Waals surface area contributed by atoms with Crippen molar-refractivity contribution in [3.8, 4) is 0 Å². The summed E-state index contributed by atoms with van der Waals surface area (Å²) in [7, 11) is 0. The van der Waals surface area contributed by atoms with Crippen molar-refractivity contribution in [3.05, 3.63) is 58.8 Å². The Morgan fingerprint density at radius 1 is 1.13 bits per heavy atom. The van der Waals surface area contributed by atoms with E-state index in [9.17, 15) is 9.59 Å². The minimum atomic E-state index is -1.20. The molecular formula is C17H18BrN3O2. The number of rotatable bonds is 5. The molecule has 1 heterocycles. The number of para-hydroxylation sites is 1. The predicted molar refractivity (Wildman–Crippen MR) is 92.6 cm³/mol. The van der Waals surface area contributed by atoms with Crippen LogP contribution in [0.5, 0.6) is 0 Å². The highest BCUT2D eigenvalue weighted by Gasteiger charge is 2.36. The van der Waals surface area contributed by atoms with Gasteiger partial charge in [0.2, 0.25) is 11.8 Å². The highest BCUT2D eigenvalue weighted by atomic mass is 79.9. The second-order valence-corrected chi connectivity index (χ2v) is 6.46. The second-order valence-electron chi connectivity index (χ2n) is 5.60. The largest absolute Gasteiger partial charge is 0.351 e. The Kier molecular flexibility index (Phi) is 5.50. The molecular weight excluding hydrogens is 358 g/mol. The van der Waals surface area contributed by atoms with Gasteiger partial charge in [-0.25, -0.2) is 0 Å². The second kappa shape index (κ2) is 7.37. The molecule has 120 valence electrons. The first kappa shape index (κ1) is 17.1. The maximum absolute atomic E-state index is 12.4. The Hall–Kier alpha value is -2.21. The topological polar surface area (TPSA) is 71.1 Å². The number of nitrogens with one attached hydrogen (secondary N) is 2. The van der Waals surface area contributed by atoms with Crippen LogP contribution in [0.25, 0.3) is 0 Å². The van der Waals surface area contributed by atoms with Crippen molar-refractivity contribution in [3.63, 3.8) is 0 Å². The third-order valence-corrected chi connectivity index (χ3v) is 4.12. The number of aromatic nitrogens is 1. The van der Waals surface area contributed by atoms with E-state index in [0.717, 1.165) is 10.0 Å². The number of halogens is 1. The van der Waals surface area contributed by atoms with Crippen molar-refractivity contribution < 1.29 is 9.59 Å². The summed E-state index contributed by atoms with van der Waals surface area (Å²) in [4.78, 5) is 28.8. The van der Waals surface area contributed by atoms with Crippen molar-refractivity contribution in [2.45, 2.75) is 20.4 Å². The Morgan fingerprint density at radius 2 is 1.87 bits per heavy atom. The SMILES string of the molecule is CC(C)(C(=O)NCc1cccnc1)C(=O)Nc1ccccc1Br. The number of carbonyl (C=O) groups is 2. The van der Waals surface area contributed by atoms with Gasteiger partial charge in [-0.3, -0.25) is 14.6 Å². The zero-order chi connectivity index (χ0) is 16.9. The molecule has 0 saturated heterocycles. The number of hydrogen-bond donors (Lipinski definition) is 2. The molecule has 23 heavy (non-hydrogen) atoms. The van der Waals surface area contributed by atoms with Crippen LogP contribution in [-0.4, -0.2) is 16.8 Å². The molecule has 0 atom stereocenters. The van der Waals surface area contributed by atoms with Crippen LogP contribution >= 0.6 is 15.9 Å². The number of carbonyl (C=O) groups excluding carboxylic acids is 2. The van der Waals surface area contributed by atoms with Crippen LogP contribution in [0, 0.1) is 5.41 Å². The summed E-state index contributed by atoms with van der Waals surface area (Å²) < 4.78 is 0.764. The Morgan fingerprint density at radius 3 is 2.52 bits per heavy atom. The molecule has 5 nitrogen and oxygen atoms in total. The molecule has 1 aromatic carbocycles. The fourth-order valence-corrected chi connectivity index (χ4v) is 2.23. The smallest absolute Gasteiger partial charge is 0.239 e. The van der Waals surface area contributed by atoms with Gasteiger partial charge in [0, 0.05) is 23.4 Å². The molecule has 2 aromatic rings. The van der Waals surface area contributed by atoms with E-state index in [1.807, 2.05) is 24.3 Å². The zero-order valence-corrected chi connectivity index (χ0v) is 14.6. The number of pyridine rings is 1. The van der Waals surface area contributed by atoms with Gasteiger partial charge in [-0.1, -0.05) is 18.2 Å². The molecule has 6 heteroatoms. The van der Waals surface area contributed by atoms with E-state index in [4.69, 9.17) is 0 Å². The van der Waals surface area contributed by atoms with Crippen LogP contribution in [-0.2, 0) is 16.1 Å². The van der Waals surface area contributed by atoms with Gasteiger partial charge in [0.1, 0.15) is 5.41 Å². The quantitative estimate of drug-likeness (QED) is 0.788. The monoisotopic (exact) mass is 375 g/mol. The third kappa shape index (κ3) is 4.39. The van der Waals surface area contributed by atoms with E-state index in [0.29, 0.717) is 12.2 Å². The van der Waals surface area contributed by atoms with Crippen LogP contribution in [0.15, 0.2) is 53.3 Å². The summed E-state index contributed by atoms with van der Waals surface area (Å²) >= 11 is 3.37. The Labute approximate surface area is 143 Å². The molecule has 0 fully saturated rings. The molecule has 0 aliphatic carbocycles. The lowest BCUT2D eigenvalue weighted by Crippen LogP contribution is -2.44. The molecule has 0 aliphatic heterocycles. The van der Waals surface area contributed by atoms with Crippen LogP contribution in [0.4, 0.5) is 5.69 Å². The van der Waals surface area contributed by atoms with Crippen LogP contribution in [0.1, 0.15) is 19.4 Å². The van der Waals surface area contributed by atoms with Crippen molar-refractivity contribution in [1.82, 2.24) is 10.3 Å². The van der Waals surface area contributed by atoms with Crippen molar-refractivity contribution in [1.29, 1.82) is 0 Å². The van der Waals surface area contributed by atoms with E-state index in [1.165, 1.54) is 0 Å². The van der Waals surface area contributed by atoms with Gasteiger partial charge in [-0.2, -0.15) is 0 Å². The fourth-order valence-electron chi connectivity index (χ4n) is 1.85. The fraction of sp³-hybridized carbons (Fsp3) is 0.235. The van der Waals surface area contributed by atoms with Gasteiger partial charge in [0.05, 0.1) is 5.69 Å². The van der Waals surface area contributed by atoms with Crippen molar-refractivity contribution in [2.24, 2.45) is 5.41 Å². The number of hydrogen-bond acceptors (Lipinski definition) is 3. The van der Waals surface area contributed by atoms with Gasteiger partial charge in [0.25, 0.3) is 0 Å². The van der Waals surface area contributed by atoms with Gasteiger partial charge >= 0.3 is 0 Å². The van der Waals surface area contributed by atoms with E-state index in [2.05, 4.69) is 31.5 Å². The highest BCUT2D eigenvalue weighted by molar-refractivity contribution is 9.10. The summed E-state index contributed by atoms with van der Waals surface area (Å²) in [6.45, 7) is 3.52. The molecule has 0 bridgehead atoms. The highest BCUT2D eigenvalue weighted by Crippen LogP contribution is 2.24. The maximum atomic E-state index is 12.4. The first-order valence-electron chi connectivity index (χ1n) is 7.14. The van der Waals surface area contributed by atoms with Gasteiger partial charge in [-0.05, 0) is 53.5 Å². The minimum Gasteiger partial charge on any atom is -0.351 e. The standard InChI is InChI=1S/C17H18BrN3O2/c1-17(2,15(22)20-11-12-6-5-9-19-10-12)16(23)21-14-8-4-3-7-13(14)18/h3-10H,11H2,1-2H3,(H,20,22)(H,21,23). The van der Waals surface area contributed by atoms with E-state index >= 15 is 0 Å². The summed E-state index contributed by atoms with van der Waals surface area (Å²) in [5, 5.41) is 5.54. The maximum Gasteiger partial charge on any atom is 0.239 e. The number of anilines is 1. The van der Waals surface area contributed by atoms with Gasteiger partial charge in [-0.15, -0.1) is 0 Å². The molecule has 2 rings (SSSR count). The molecule has 0 aliphatic rings. The van der Waals surface area contributed by atoms with Crippen LogP contribution in [0.2, 0.25) is 0 Å². The van der Waals surface area contributed by atoms with E-state index in [-0.39, 0.29) is 11.8 Å². The molecule has 0 unspecified atom stereocenters. The first-order chi connectivity index (χ1) is 10.9. The van der Waals surface area contributed by atoms with E-state index in [1.54, 1.807) is 38.4 Å². The average molecular weight is 376 g/mol. The number of amides is 2. The molecule has 0 spiro atoms. The molecule has 0 saturated carbocycles. The third-order valence-electron chi connectivity index (χ3n) is 3.43. The van der Waals surface area contributed by atoms with Gasteiger partial charge in [0.15, 0.2) is 0 Å². The summed E-state index contributed by atoms with van der Waals surface area (Å²) in [5.41, 5.74) is 0.311. The molecule has 2 N–H and O–H groups in total. The van der Waals surface area contributed by atoms with Crippen LogP contribution in [0.3, 0.4) is 0 Å². The Balaban J connectivity index is 2.00. The molecule has 2 amide bonds. The van der Waals surface area contributed by atoms with Gasteiger partial charge < -0.3 is 10.6 Å². The number of benzene rings is 1. The minimum absolute atomic E-state index is 0.332. The first-order valence-corrected chi connectivity index (χ1v) is 7.94. The van der Waals surface area contributed by atoms with E-state index < -0.39 is 5.41 Å². The summed E-state index contributed by atoms with van der Waals surface area (Å²) in [5.74, 6) is -0.709. The predicted octanol–water partition coefficient (Wildman–Crippen LogP) is 3.13. The zero-order valence-electron chi connectivity index (χ0n) is 13.0. The molecule has 1 aromatic heterocycles. The van der Waals surface area contributed by atoms with Crippen LogP contribution < -0.4 is 10.6 Å². The summed E-state index contributed by atoms with van der Waals surface area (Å²) in [6, 6.07) is 10.9. The number of nitrogens with zero attached hydrogens (tertiary/aromatic N) is 1. The lowest BCUT2D eigenvalue weighted by atomic mass is 9.91. The Bertz CT molecular complexity index is 702. The van der Waals surface area contributed by atoms with Crippen molar-refractivity contribution >= 4 is 33.4 Å². The normalized spacial score (nSPS) is 10.9. The summed E-state index contributed by atoms with van der Waals surface area (Å²) in [6.07, 6.45) is 3.34. The molecule has 0 radical (unpaired) electrons. The lowest BCUT2D eigenvalue weighted by molar-refractivity contribution is -0.138. The lowest BCUT2D eigenvalue weighted by Gasteiger charge is -2.23. The van der Waals surface area contributed by atoms with Crippen molar-refractivity contribution in [2.75, 3.05) is 5.32 Å².